The SMILES string of the molecule is CN1CCN(c2ccc(NC(=O)c3cc([N+](=O)[O-])c(Sc4c(Cl)cncc4Cl)s3)cc2)CC1. The smallest absolute Gasteiger partial charge is 0.294 e. The van der Waals surface area contributed by atoms with Gasteiger partial charge in [-0.3, -0.25) is 19.9 Å². The van der Waals surface area contributed by atoms with Crippen LogP contribution >= 0.6 is 46.3 Å². The van der Waals surface area contributed by atoms with E-state index < -0.39 is 10.8 Å². The molecule has 1 aliphatic rings. The molecule has 172 valence electrons. The topological polar surface area (TPSA) is 91.6 Å². The lowest BCUT2D eigenvalue weighted by Crippen LogP contribution is -2.44. The molecule has 1 N–H and O–H groups in total. The largest absolute Gasteiger partial charge is 0.369 e. The molecule has 2 aromatic heterocycles. The minimum absolute atomic E-state index is 0.176. The Morgan fingerprint density at radius 2 is 1.79 bits per heavy atom. The zero-order chi connectivity index (χ0) is 23.5. The number of carbonyl (C=O) groups excluding carboxylic acids is 1. The number of anilines is 2. The second-order valence-electron chi connectivity index (χ2n) is 7.37. The van der Waals surface area contributed by atoms with E-state index in [2.05, 4.69) is 27.1 Å². The Kier molecular flexibility index (Phi) is 7.40. The minimum atomic E-state index is -0.524. The van der Waals surface area contributed by atoms with E-state index in [1.807, 2.05) is 24.3 Å². The second kappa shape index (κ2) is 10.3. The maximum Gasteiger partial charge on any atom is 0.294 e. The first-order chi connectivity index (χ1) is 15.8. The lowest BCUT2D eigenvalue weighted by molar-refractivity contribution is -0.387. The highest BCUT2D eigenvalue weighted by molar-refractivity contribution is 8.01. The number of nitrogens with zero attached hydrogens (tertiary/aromatic N) is 4. The summed E-state index contributed by atoms with van der Waals surface area (Å²) in [6.07, 6.45) is 2.82. The van der Waals surface area contributed by atoms with Crippen molar-refractivity contribution in [1.82, 2.24) is 9.88 Å². The lowest BCUT2D eigenvalue weighted by Gasteiger charge is -2.34. The third-order valence-corrected chi connectivity index (χ3v) is 8.35. The fourth-order valence-corrected chi connectivity index (χ4v) is 6.04. The standard InChI is InChI=1S/C21H19Cl2N5O3S2/c1-26-6-8-27(9-7-26)14-4-2-13(3-5-14)25-20(29)18-10-17(28(30)31)21(32-18)33-19-15(22)11-24-12-16(19)23/h2-5,10-12H,6-9H2,1H3,(H,25,29). The molecule has 1 aliphatic heterocycles. The van der Waals surface area contributed by atoms with Crippen LogP contribution in [0.2, 0.25) is 10.0 Å². The molecule has 3 heterocycles. The van der Waals surface area contributed by atoms with Crippen LogP contribution in [0.4, 0.5) is 17.1 Å². The first-order valence-corrected chi connectivity index (χ1v) is 12.3. The Bertz CT molecular complexity index is 1160. The third kappa shape index (κ3) is 5.59. The maximum atomic E-state index is 12.8. The van der Waals surface area contributed by atoms with Crippen LogP contribution in [-0.4, -0.2) is 53.9 Å². The molecule has 1 amide bonds. The number of hydrogen-bond acceptors (Lipinski definition) is 8. The number of pyridine rings is 1. The number of benzene rings is 1. The van der Waals surface area contributed by atoms with Crippen LogP contribution in [0.25, 0.3) is 0 Å². The highest BCUT2D eigenvalue weighted by Gasteiger charge is 2.25. The number of nitrogens with one attached hydrogen (secondary N) is 1. The van der Waals surface area contributed by atoms with E-state index in [4.69, 9.17) is 23.2 Å². The fraction of sp³-hybridized carbons (Fsp3) is 0.238. The minimum Gasteiger partial charge on any atom is -0.369 e. The number of amides is 1. The number of thiophene rings is 1. The summed E-state index contributed by atoms with van der Waals surface area (Å²) in [6, 6.07) is 8.86. The fourth-order valence-electron chi connectivity index (χ4n) is 3.28. The van der Waals surface area contributed by atoms with Crippen molar-refractivity contribution in [3.05, 3.63) is 67.8 Å². The number of hydrogen-bond donors (Lipinski definition) is 1. The lowest BCUT2D eigenvalue weighted by atomic mass is 10.2. The molecule has 4 rings (SSSR count). The molecule has 33 heavy (non-hydrogen) atoms. The molecule has 12 heteroatoms. The van der Waals surface area contributed by atoms with Gasteiger partial charge in [0.25, 0.3) is 11.6 Å². The summed E-state index contributed by atoms with van der Waals surface area (Å²) in [7, 11) is 2.11. The summed E-state index contributed by atoms with van der Waals surface area (Å²) in [6.45, 7) is 3.91. The van der Waals surface area contributed by atoms with Crippen molar-refractivity contribution in [2.75, 3.05) is 43.4 Å². The first-order valence-electron chi connectivity index (χ1n) is 9.92. The maximum absolute atomic E-state index is 12.8. The van der Waals surface area contributed by atoms with Gasteiger partial charge in [-0.05, 0) is 31.3 Å². The van der Waals surface area contributed by atoms with Gasteiger partial charge in [0.05, 0.1) is 19.9 Å². The Labute approximate surface area is 208 Å². The molecule has 0 aliphatic carbocycles. The van der Waals surface area contributed by atoms with Gasteiger partial charge < -0.3 is 15.1 Å². The van der Waals surface area contributed by atoms with Gasteiger partial charge in [0.1, 0.15) is 9.09 Å². The van der Waals surface area contributed by atoms with Gasteiger partial charge in [-0.2, -0.15) is 0 Å². The Balaban J connectivity index is 1.49. The summed E-state index contributed by atoms with van der Waals surface area (Å²) < 4.78 is 0.311. The summed E-state index contributed by atoms with van der Waals surface area (Å²) in [5.41, 5.74) is 1.53. The van der Waals surface area contributed by atoms with Crippen LogP contribution in [0.1, 0.15) is 9.67 Å². The van der Waals surface area contributed by atoms with Gasteiger partial charge in [-0.15, -0.1) is 11.3 Å². The van der Waals surface area contributed by atoms with E-state index >= 15 is 0 Å². The molecule has 1 fully saturated rings. The molecule has 3 aromatic rings. The van der Waals surface area contributed by atoms with Crippen LogP contribution < -0.4 is 10.2 Å². The van der Waals surface area contributed by atoms with E-state index in [1.54, 1.807) is 0 Å². The number of aromatic nitrogens is 1. The van der Waals surface area contributed by atoms with Gasteiger partial charge in [0, 0.05) is 56.0 Å². The van der Waals surface area contributed by atoms with Gasteiger partial charge in [0.2, 0.25) is 0 Å². The highest BCUT2D eigenvalue weighted by Crippen LogP contribution is 2.45. The summed E-state index contributed by atoms with van der Waals surface area (Å²) >= 11 is 14.3. The quantitative estimate of drug-likeness (QED) is 0.336. The van der Waals surface area contributed by atoms with Crippen molar-refractivity contribution >= 4 is 69.3 Å². The van der Waals surface area contributed by atoms with Crippen LogP contribution in [-0.2, 0) is 0 Å². The first kappa shape index (κ1) is 23.8. The summed E-state index contributed by atoms with van der Waals surface area (Å²) in [4.78, 5) is 33.0. The van der Waals surface area contributed by atoms with Crippen molar-refractivity contribution in [3.8, 4) is 0 Å². The average Bonchev–Trinajstić information content (AvgIpc) is 3.22. The van der Waals surface area contributed by atoms with E-state index in [1.165, 1.54) is 18.5 Å². The zero-order valence-electron chi connectivity index (χ0n) is 17.5. The molecule has 0 radical (unpaired) electrons. The van der Waals surface area contributed by atoms with Crippen LogP contribution in [0.15, 0.2) is 51.8 Å². The monoisotopic (exact) mass is 523 g/mol. The van der Waals surface area contributed by atoms with Crippen LogP contribution in [0.5, 0.6) is 0 Å². The predicted octanol–water partition coefficient (Wildman–Crippen LogP) is 5.51. The number of likely N-dealkylation sites (N-methyl/N-ethyl adjacent to an activating group) is 1. The van der Waals surface area contributed by atoms with E-state index in [9.17, 15) is 14.9 Å². The van der Waals surface area contributed by atoms with Crippen LogP contribution in [0, 0.1) is 10.1 Å². The Morgan fingerprint density at radius 1 is 1.15 bits per heavy atom. The summed E-state index contributed by atoms with van der Waals surface area (Å²) in [5, 5.41) is 14.9. The predicted molar refractivity (Wildman–Crippen MR) is 133 cm³/mol. The van der Waals surface area contributed by atoms with E-state index in [0.29, 0.717) is 14.8 Å². The molecule has 1 aromatic carbocycles. The van der Waals surface area contributed by atoms with Gasteiger partial charge >= 0.3 is 0 Å². The molecular weight excluding hydrogens is 505 g/mol. The van der Waals surface area contributed by atoms with Gasteiger partial charge in [-0.1, -0.05) is 35.0 Å². The Hall–Kier alpha value is -2.37. The number of piperazine rings is 1. The molecule has 0 bridgehead atoms. The average molecular weight is 524 g/mol. The molecule has 0 spiro atoms. The van der Waals surface area contributed by atoms with Crippen molar-refractivity contribution in [1.29, 1.82) is 0 Å². The van der Waals surface area contributed by atoms with Crippen molar-refractivity contribution < 1.29 is 9.72 Å². The van der Waals surface area contributed by atoms with Crippen molar-refractivity contribution in [3.63, 3.8) is 0 Å². The van der Waals surface area contributed by atoms with Gasteiger partial charge in [0.15, 0.2) is 0 Å². The molecule has 0 atom stereocenters. The normalized spacial score (nSPS) is 14.3. The van der Waals surface area contributed by atoms with Gasteiger partial charge in [-0.25, -0.2) is 0 Å². The number of halogens is 2. The molecule has 0 unspecified atom stereocenters. The third-order valence-electron chi connectivity index (χ3n) is 5.10. The van der Waals surface area contributed by atoms with Crippen molar-refractivity contribution in [2.45, 2.75) is 9.10 Å². The summed E-state index contributed by atoms with van der Waals surface area (Å²) in [5.74, 6) is -0.422. The zero-order valence-corrected chi connectivity index (χ0v) is 20.6. The Morgan fingerprint density at radius 3 is 2.39 bits per heavy atom. The van der Waals surface area contributed by atoms with E-state index in [-0.39, 0.29) is 20.6 Å². The molecular formula is C21H19Cl2N5O3S2. The number of nitro groups is 1. The second-order valence-corrected chi connectivity index (χ2v) is 10.5. The number of rotatable bonds is 6. The van der Waals surface area contributed by atoms with Crippen molar-refractivity contribution in [2.24, 2.45) is 0 Å². The van der Waals surface area contributed by atoms with Crippen LogP contribution in [0.3, 0.4) is 0 Å². The molecule has 0 saturated carbocycles. The molecule has 8 nitrogen and oxygen atoms in total. The van der Waals surface area contributed by atoms with E-state index in [0.717, 1.165) is 55.0 Å². The molecule has 1 saturated heterocycles. The highest BCUT2D eigenvalue weighted by atomic mass is 35.5. The number of carbonyl (C=O) groups is 1.